The molecule has 4 nitrogen and oxygen atoms in total. The minimum atomic E-state index is -0.301. The van der Waals surface area contributed by atoms with Crippen LogP contribution in [-0.2, 0) is 11.2 Å². The summed E-state index contributed by atoms with van der Waals surface area (Å²) in [6.45, 7) is 0. The Morgan fingerprint density at radius 1 is 1.54 bits per heavy atom. The lowest BCUT2D eigenvalue weighted by atomic mass is 10.1. The van der Waals surface area contributed by atoms with E-state index in [1.54, 1.807) is 6.20 Å². The number of hydrogen-bond acceptors (Lipinski definition) is 2. The quantitative estimate of drug-likeness (QED) is 0.693. The van der Waals surface area contributed by atoms with Crippen LogP contribution in [0.2, 0.25) is 0 Å². The molecule has 0 aromatic carbocycles. The highest BCUT2D eigenvalue weighted by Gasteiger charge is 1.96. The van der Waals surface area contributed by atoms with Crippen LogP contribution in [0.1, 0.15) is 18.4 Å². The zero-order valence-electron chi connectivity index (χ0n) is 7.25. The van der Waals surface area contributed by atoms with Crippen molar-refractivity contribution in [3.8, 4) is 0 Å². The molecule has 3 N–H and O–H groups in total. The zero-order chi connectivity index (χ0) is 9.68. The largest absolute Gasteiger partial charge is 0.370 e. The summed E-state index contributed by atoms with van der Waals surface area (Å²) in [6, 6.07) is 3.35. The highest BCUT2D eigenvalue weighted by atomic mass is 16.1. The van der Waals surface area contributed by atoms with E-state index in [-0.39, 0.29) is 11.5 Å². The van der Waals surface area contributed by atoms with Gasteiger partial charge in [0, 0.05) is 18.7 Å². The minimum Gasteiger partial charge on any atom is -0.370 e. The molecule has 0 atom stereocenters. The Hall–Kier alpha value is -1.58. The standard InChI is InChI=1S/C9H12N2O2/c10-8(12)3-1-2-7-4-5-11-9(13)6-7/h4-6H,1-3H2,(H2,10,12)(H,11,13). The van der Waals surface area contributed by atoms with Crippen LogP contribution in [0.15, 0.2) is 23.1 Å². The first-order valence-electron chi connectivity index (χ1n) is 4.14. The summed E-state index contributed by atoms with van der Waals surface area (Å²) in [4.78, 5) is 23.8. The Morgan fingerprint density at radius 3 is 2.92 bits per heavy atom. The van der Waals surface area contributed by atoms with Gasteiger partial charge in [-0.25, -0.2) is 0 Å². The highest BCUT2D eigenvalue weighted by Crippen LogP contribution is 2.00. The fraction of sp³-hybridized carbons (Fsp3) is 0.333. The molecule has 1 heterocycles. The number of nitrogens with one attached hydrogen (secondary N) is 1. The summed E-state index contributed by atoms with van der Waals surface area (Å²) in [5.41, 5.74) is 5.80. The molecule has 0 unspecified atom stereocenters. The summed E-state index contributed by atoms with van der Waals surface area (Å²) in [6.07, 6.45) is 3.38. The fourth-order valence-corrected chi connectivity index (χ4v) is 1.11. The molecule has 0 aliphatic rings. The third kappa shape index (κ3) is 3.55. The van der Waals surface area contributed by atoms with Crippen molar-refractivity contribution < 1.29 is 4.79 Å². The number of hydrogen-bond donors (Lipinski definition) is 2. The average Bonchev–Trinajstić information content (AvgIpc) is 2.03. The Labute approximate surface area is 75.8 Å². The molecule has 1 amide bonds. The van der Waals surface area contributed by atoms with Crippen molar-refractivity contribution in [1.82, 2.24) is 4.98 Å². The monoisotopic (exact) mass is 180 g/mol. The van der Waals surface area contributed by atoms with Gasteiger partial charge < -0.3 is 10.7 Å². The van der Waals surface area contributed by atoms with E-state index in [1.165, 1.54) is 6.07 Å². The molecule has 1 rings (SSSR count). The minimum absolute atomic E-state index is 0.114. The van der Waals surface area contributed by atoms with Crippen molar-refractivity contribution in [2.24, 2.45) is 5.73 Å². The van der Waals surface area contributed by atoms with E-state index in [9.17, 15) is 9.59 Å². The topological polar surface area (TPSA) is 76.0 Å². The SMILES string of the molecule is NC(=O)CCCc1cc[nH]c(=O)c1. The number of rotatable bonds is 4. The van der Waals surface area contributed by atoms with Crippen LogP contribution in [0.3, 0.4) is 0 Å². The van der Waals surface area contributed by atoms with Crippen LogP contribution in [0.5, 0.6) is 0 Å². The third-order valence-electron chi connectivity index (χ3n) is 1.73. The molecule has 0 spiro atoms. The van der Waals surface area contributed by atoms with Gasteiger partial charge >= 0.3 is 0 Å². The van der Waals surface area contributed by atoms with Crippen molar-refractivity contribution in [3.63, 3.8) is 0 Å². The van der Waals surface area contributed by atoms with Crippen LogP contribution < -0.4 is 11.3 Å². The van der Waals surface area contributed by atoms with Gasteiger partial charge in [-0.3, -0.25) is 9.59 Å². The Kier molecular flexibility index (Phi) is 3.25. The van der Waals surface area contributed by atoms with E-state index in [1.807, 2.05) is 6.07 Å². The lowest BCUT2D eigenvalue weighted by Gasteiger charge is -1.97. The maximum absolute atomic E-state index is 10.8. The second-order valence-electron chi connectivity index (χ2n) is 2.88. The number of nitrogens with two attached hydrogens (primary N) is 1. The number of aromatic amines is 1. The number of amides is 1. The number of aryl methyl sites for hydroxylation is 1. The fourth-order valence-electron chi connectivity index (χ4n) is 1.11. The lowest BCUT2D eigenvalue weighted by Crippen LogP contribution is -2.10. The van der Waals surface area contributed by atoms with Gasteiger partial charge in [-0.15, -0.1) is 0 Å². The van der Waals surface area contributed by atoms with Crippen molar-refractivity contribution in [3.05, 3.63) is 34.2 Å². The normalized spacial score (nSPS) is 9.85. The number of aromatic nitrogens is 1. The number of carbonyl (C=O) groups excluding carboxylic acids is 1. The van der Waals surface area contributed by atoms with Crippen LogP contribution >= 0.6 is 0 Å². The molecule has 1 aromatic rings. The highest BCUT2D eigenvalue weighted by molar-refractivity contribution is 5.73. The Morgan fingerprint density at radius 2 is 2.31 bits per heavy atom. The molecule has 1 aromatic heterocycles. The van der Waals surface area contributed by atoms with Crippen molar-refractivity contribution in [2.75, 3.05) is 0 Å². The van der Waals surface area contributed by atoms with Crippen LogP contribution in [0, 0.1) is 0 Å². The summed E-state index contributed by atoms with van der Waals surface area (Å²) in [7, 11) is 0. The van der Waals surface area contributed by atoms with Gasteiger partial charge in [0.2, 0.25) is 11.5 Å². The van der Waals surface area contributed by atoms with E-state index in [2.05, 4.69) is 4.98 Å². The molecule has 0 saturated carbocycles. The molecule has 13 heavy (non-hydrogen) atoms. The first kappa shape index (κ1) is 9.51. The second-order valence-corrected chi connectivity index (χ2v) is 2.88. The molecule has 0 saturated heterocycles. The first-order chi connectivity index (χ1) is 6.18. The lowest BCUT2D eigenvalue weighted by molar-refractivity contribution is -0.118. The Bertz CT molecular complexity index is 343. The predicted molar refractivity (Wildman–Crippen MR) is 49.2 cm³/mol. The maximum Gasteiger partial charge on any atom is 0.248 e. The van der Waals surface area contributed by atoms with Gasteiger partial charge in [0.1, 0.15) is 0 Å². The van der Waals surface area contributed by atoms with Gasteiger partial charge in [-0.2, -0.15) is 0 Å². The number of carbonyl (C=O) groups is 1. The van der Waals surface area contributed by atoms with Crippen molar-refractivity contribution in [2.45, 2.75) is 19.3 Å². The van der Waals surface area contributed by atoms with E-state index >= 15 is 0 Å². The predicted octanol–water partition coefficient (Wildman–Crippen LogP) is 0.183. The smallest absolute Gasteiger partial charge is 0.248 e. The van der Waals surface area contributed by atoms with E-state index < -0.39 is 0 Å². The van der Waals surface area contributed by atoms with E-state index in [4.69, 9.17) is 5.73 Å². The molecule has 70 valence electrons. The van der Waals surface area contributed by atoms with Crippen LogP contribution in [0.25, 0.3) is 0 Å². The van der Waals surface area contributed by atoms with Gasteiger partial charge in [-0.05, 0) is 24.5 Å². The Balaban J connectivity index is 2.45. The molecule has 0 aliphatic carbocycles. The average molecular weight is 180 g/mol. The van der Waals surface area contributed by atoms with Gasteiger partial charge in [0.05, 0.1) is 0 Å². The maximum atomic E-state index is 10.8. The van der Waals surface area contributed by atoms with Gasteiger partial charge in [0.25, 0.3) is 0 Å². The van der Waals surface area contributed by atoms with Crippen LogP contribution in [0.4, 0.5) is 0 Å². The van der Waals surface area contributed by atoms with E-state index in [0.717, 1.165) is 5.56 Å². The number of pyridine rings is 1. The molecule has 0 fully saturated rings. The molecule has 4 heteroatoms. The molecule has 0 bridgehead atoms. The summed E-state index contributed by atoms with van der Waals surface area (Å²) >= 11 is 0. The molecule has 0 aliphatic heterocycles. The molecular weight excluding hydrogens is 168 g/mol. The van der Waals surface area contributed by atoms with Crippen molar-refractivity contribution >= 4 is 5.91 Å². The first-order valence-corrected chi connectivity index (χ1v) is 4.14. The zero-order valence-corrected chi connectivity index (χ0v) is 7.25. The molecular formula is C9H12N2O2. The summed E-state index contributed by atoms with van der Waals surface area (Å²) in [5.74, 6) is -0.301. The summed E-state index contributed by atoms with van der Waals surface area (Å²) in [5, 5.41) is 0. The van der Waals surface area contributed by atoms with E-state index in [0.29, 0.717) is 19.3 Å². The van der Waals surface area contributed by atoms with Crippen LogP contribution in [-0.4, -0.2) is 10.9 Å². The molecule has 0 radical (unpaired) electrons. The number of H-pyrrole nitrogens is 1. The second kappa shape index (κ2) is 4.45. The van der Waals surface area contributed by atoms with Gasteiger partial charge in [-0.1, -0.05) is 0 Å². The summed E-state index contributed by atoms with van der Waals surface area (Å²) < 4.78 is 0. The number of primary amides is 1. The third-order valence-corrected chi connectivity index (χ3v) is 1.73. The van der Waals surface area contributed by atoms with Crippen molar-refractivity contribution in [1.29, 1.82) is 0 Å². The van der Waals surface area contributed by atoms with Gasteiger partial charge in [0.15, 0.2) is 0 Å².